The highest BCUT2D eigenvalue weighted by atomic mass is 79.9. The molecule has 1 aliphatic carbocycles. The number of rotatable bonds is 3. The van der Waals surface area contributed by atoms with Crippen LogP contribution in [0.1, 0.15) is 0 Å². The van der Waals surface area contributed by atoms with Crippen molar-refractivity contribution in [3.63, 3.8) is 0 Å². The number of methoxy groups -OCH3 is 2. The fourth-order valence-electron chi connectivity index (χ4n) is 1.30. The zero-order valence-electron chi connectivity index (χ0n) is 7.79. The van der Waals surface area contributed by atoms with Crippen LogP contribution in [0.25, 0.3) is 0 Å². The number of halogens is 2. The zero-order chi connectivity index (χ0) is 10.8. The van der Waals surface area contributed by atoms with Crippen LogP contribution in [0.2, 0.25) is 0 Å². The van der Waals surface area contributed by atoms with Gasteiger partial charge in [-0.05, 0) is 33.6 Å². The van der Waals surface area contributed by atoms with E-state index >= 15 is 0 Å². The van der Waals surface area contributed by atoms with Crippen molar-refractivity contribution in [2.75, 3.05) is 14.2 Å². The minimum atomic E-state index is -0.991. The monoisotopic (exact) mass is 280 g/mol. The first-order valence-corrected chi connectivity index (χ1v) is 5.09. The number of alkyl halides is 1. The van der Waals surface area contributed by atoms with Crippen molar-refractivity contribution < 1.29 is 14.3 Å². The van der Waals surface area contributed by atoms with Gasteiger partial charge < -0.3 is 9.47 Å². The minimum Gasteiger partial charge on any atom is -0.497 e. The Bertz CT molecular complexity index is 300. The summed E-state index contributed by atoms with van der Waals surface area (Å²) >= 11 is 8.78. The number of hydrogen-bond acceptors (Lipinski definition) is 3. The molecule has 3 nitrogen and oxygen atoms in total. The average Bonchev–Trinajstić information content (AvgIpc) is 2.17. The SMILES string of the molecule is COC1=CC=CC(C(=O)Cl)C1(Br)OC. The Hall–Kier alpha value is -0.320. The third-order valence-corrected chi connectivity index (χ3v) is 3.49. The third kappa shape index (κ3) is 1.87. The van der Waals surface area contributed by atoms with Gasteiger partial charge in [0.25, 0.3) is 0 Å². The highest BCUT2D eigenvalue weighted by Crippen LogP contribution is 2.40. The number of ether oxygens (including phenoxy) is 2. The molecular weight excluding hydrogens is 271 g/mol. The van der Waals surface area contributed by atoms with Crippen LogP contribution in [0.4, 0.5) is 0 Å². The van der Waals surface area contributed by atoms with Crippen LogP contribution in [-0.2, 0) is 14.3 Å². The Morgan fingerprint density at radius 2 is 2.29 bits per heavy atom. The van der Waals surface area contributed by atoms with Gasteiger partial charge in [0, 0.05) is 7.11 Å². The maximum atomic E-state index is 11.2. The van der Waals surface area contributed by atoms with E-state index in [1.54, 1.807) is 18.2 Å². The van der Waals surface area contributed by atoms with Gasteiger partial charge in [-0.2, -0.15) is 0 Å². The summed E-state index contributed by atoms with van der Waals surface area (Å²) in [6, 6.07) is 0. The van der Waals surface area contributed by atoms with Gasteiger partial charge in [0.05, 0.1) is 13.0 Å². The normalized spacial score (nSPS) is 31.1. The van der Waals surface area contributed by atoms with E-state index in [1.807, 2.05) is 0 Å². The van der Waals surface area contributed by atoms with Crippen LogP contribution >= 0.6 is 27.5 Å². The quantitative estimate of drug-likeness (QED) is 0.588. The molecule has 0 bridgehead atoms. The number of carbonyl (C=O) groups excluding carboxylic acids is 1. The molecule has 0 saturated heterocycles. The van der Waals surface area contributed by atoms with Gasteiger partial charge in [-0.25, -0.2) is 0 Å². The average molecular weight is 282 g/mol. The number of allylic oxidation sites excluding steroid dienone is 2. The first-order chi connectivity index (χ1) is 6.56. The lowest BCUT2D eigenvalue weighted by Gasteiger charge is -2.33. The molecule has 0 amide bonds. The molecule has 0 saturated carbocycles. The van der Waals surface area contributed by atoms with Gasteiger partial charge in [-0.1, -0.05) is 12.2 Å². The van der Waals surface area contributed by atoms with Gasteiger partial charge in [0.1, 0.15) is 5.76 Å². The predicted octanol–water partition coefficient (Wildman–Crippen LogP) is 2.21. The topological polar surface area (TPSA) is 35.5 Å². The second kappa shape index (κ2) is 4.47. The fraction of sp³-hybridized carbons (Fsp3) is 0.444. The molecule has 0 radical (unpaired) electrons. The number of carbonyl (C=O) groups is 1. The maximum Gasteiger partial charge on any atom is 0.232 e. The molecule has 1 aliphatic rings. The van der Waals surface area contributed by atoms with E-state index in [9.17, 15) is 4.79 Å². The van der Waals surface area contributed by atoms with Crippen molar-refractivity contribution in [3.8, 4) is 0 Å². The van der Waals surface area contributed by atoms with E-state index in [1.165, 1.54) is 14.2 Å². The van der Waals surface area contributed by atoms with E-state index in [0.29, 0.717) is 5.76 Å². The van der Waals surface area contributed by atoms with E-state index in [4.69, 9.17) is 21.1 Å². The summed E-state index contributed by atoms with van der Waals surface area (Å²) in [6.07, 6.45) is 5.09. The molecule has 0 spiro atoms. The molecule has 78 valence electrons. The van der Waals surface area contributed by atoms with Crippen LogP contribution in [0.15, 0.2) is 24.0 Å². The first-order valence-electron chi connectivity index (χ1n) is 3.92. The third-order valence-electron chi connectivity index (χ3n) is 2.05. The fourth-order valence-corrected chi connectivity index (χ4v) is 2.31. The minimum absolute atomic E-state index is 0.498. The summed E-state index contributed by atoms with van der Waals surface area (Å²) < 4.78 is 9.34. The van der Waals surface area contributed by atoms with Crippen molar-refractivity contribution in [2.45, 2.75) is 4.51 Å². The summed E-state index contributed by atoms with van der Waals surface area (Å²) in [5.74, 6) is -0.0735. The highest BCUT2D eigenvalue weighted by molar-refractivity contribution is 9.10. The Morgan fingerprint density at radius 1 is 1.64 bits per heavy atom. The largest absolute Gasteiger partial charge is 0.497 e. The molecule has 1 rings (SSSR count). The van der Waals surface area contributed by atoms with Crippen LogP contribution < -0.4 is 0 Å². The van der Waals surface area contributed by atoms with Crippen molar-refractivity contribution >= 4 is 32.8 Å². The smallest absolute Gasteiger partial charge is 0.232 e. The Balaban J connectivity index is 3.08. The lowest BCUT2D eigenvalue weighted by Crippen LogP contribution is -2.39. The molecule has 14 heavy (non-hydrogen) atoms. The molecule has 0 heterocycles. The summed E-state index contributed by atoms with van der Waals surface area (Å²) in [6.45, 7) is 0. The lowest BCUT2D eigenvalue weighted by molar-refractivity contribution is -0.118. The van der Waals surface area contributed by atoms with Crippen molar-refractivity contribution in [2.24, 2.45) is 5.92 Å². The molecule has 0 N–H and O–H groups in total. The van der Waals surface area contributed by atoms with E-state index in [2.05, 4.69) is 15.9 Å². The van der Waals surface area contributed by atoms with Gasteiger partial charge >= 0.3 is 0 Å². The van der Waals surface area contributed by atoms with Crippen molar-refractivity contribution in [1.82, 2.24) is 0 Å². The Labute approximate surface area is 95.8 Å². The van der Waals surface area contributed by atoms with Crippen LogP contribution in [0.5, 0.6) is 0 Å². The van der Waals surface area contributed by atoms with E-state index in [-0.39, 0.29) is 0 Å². The van der Waals surface area contributed by atoms with Crippen molar-refractivity contribution in [3.05, 3.63) is 24.0 Å². The Morgan fingerprint density at radius 3 is 2.71 bits per heavy atom. The summed E-state index contributed by atoms with van der Waals surface area (Å²) in [5, 5.41) is -0.498. The molecule has 5 heteroatoms. The van der Waals surface area contributed by atoms with Crippen LogP contribution in [-0.4, -0.2) is 24.0 Å². The van der Waals surface area contributed by atoms with Crippen LogP contribution in [0.3, 0.4) is 0 Å². The van der Waals surface area contributed by atoms with Gasteiger partial charge in [0.15, 0.2) is 4.51 Å². The van der Waals surface area contributed by atoms with Gasteiger partial charge in [-0.15, -0.1) is 0 Å². The molecule has 0 aromatic rings. The molecule has 0 aliphatic heterocycles. The molecule has 0 fully saturated rings. The van der Waals surface area contributed by atoms with E-state index < -0.39 is 15.7 Å². The second-order valence-corrected chi connectivity index (χ2v) is 4.30. The first kappa shape index (κ1) is 11.8. The summed E-state index contributed by atoms with van der Waals surface area (Å²) in [7, 11) is 2.99. The van der Waals surface area contributed by atoms with Gasteiger partial charge in [0.2, 0.25) is 5.24 Å². The highest BCUT2D eigenvalue weighted by Gasteiger charge is 2.45. The molecule has 2 unspecified atom stereocenters. The van der Waals surface area contributed by atoms with Crippen molar-refractivity contribution in [1.29, 1.82) is 0 Å². The van der Waals surface area contributed by atoms with E-state index in [0.717, 1.165) is 0 Å². The van der Waals surface area contributed by atoms with Gasteiger partial charge in [-0.3, -0.25) is 4.79 Å². The summed E-state index contributed by atoms with van der Waals surface area (Å²) in [5.41, 5.74) is 0. The zero-order valence-corrected chi connectivity index (χ0v) is 10.1. The van der Waals surface area contributed by atoms with Crippen LogP contribution in [0, 0.1) is 5.92 Å². The summed E-state index contributed by atoms with van der Waals surface area (Å²) in [4.78, 5) is 11.2. The number of hydrogen-bond donors (Lipinski definition) is 0. The second-order valence-electron chi connectivity index (χ2n) is 2.75. The molecule has 0 aromatic heterocycles. The Kier molecular flexibility index (Phi) is 3.75. The maximum absolute atomic E-state index is 11.2. The molecule has 0 aromatic carbocycles. The standard InChI is InChI=1S/C9H10BrClO3/c1-13-7-5-3-4-6(8(11)12)9(7,10)14-2/h3-6H,1-2H3. The predicted molar refractivity (Wildman–Crippen MR) is 57.2 cm³/mol. The molecular formula is C9H10BrClO3. The lowest BCUT2D eigenvalue weighted by atomic mass is 9.97. The molecule has 2 atom stereocenters.